The Balaban J connectivity index is 1.50. The van der Waals surface area contributed by atoms with Gasteiger partial charge in [-0.1, -0.05) is 0 Å². The summed E-state index contributed by atoms with van der Waals surface area (Å²) in [4.78, 5) is 42.2. The molecular formula is C22H20N4O6S. The Bertz CT molecular complexity index is 1220. The van der Waals surface area contributed by atoms with Gasteiger partial charge in [-0.15, -0.1) is 11.3 Å². The van der Waals surface area contributed by atoms with Gasteiger partial charge in [-0.25, -0.2) is 4.98 Å². The van der Waals surface area contributed by atoms with E-state index in [1.54, 1.807) is 0 Å². The van der Waals surface area contributed by atoms with Crippen LogP contribution in [0.25, 0.3) is 11.3 Å². The van der Waals surface area contributed by atoms with Gasteiger partial charge in [-0.3, -0.25) is 24.6 Å². The van der Waals surface area contributed by atoms with Crippen molar-refractivity contribution in [2.75, 3.05) is 30.0 Å². The smallest absolute Gasteiger partial charge is 0.271 e. The number of non-ortho nitro benzene ring substituents is 1. The molecule has 0 saturated carbocycles. The third-order valence-electron chi connectivity index (χ3n) is 4.88. The largest absolute Gasteiger partial charge is 0.494 e. The average molecular weight is 468 g/mol. The first-order valence-electron chi connectivity index (χ1n) is 10.1. The van der Waals surface area contributed by atoms with E-state index < -0.39 is 16.7 Å². The standard InChI is InChI=1S/C22H20N4O6S/c1-3-31-16-7-4-14(5-8-16)21-13(2)33-22(24-21)23-19(27)11-25-17-10-15(26(29)30)6-9-18(17)32-12-20(25)28/h4-10H,3,11-12H2,1-2H3,(H,23,24,27). The monoisotopic (exact) mass is 468 g/mol. The fourth-order valence-corrected chi connectivity index (χ4v) is 4.23. The number of nitrogens with one attached hydrogen (secondary N) is 1. The molecule has 10 nitrogen and oxygen atoms in total. The van der Waals surface area contributed by atoms with Crippen LogP contribution in [0, 0.1) is 17.0 Å². The minimum Gasteiger partial charge on any atom is -0.494 e. The van der Waals surface area contributed by atoms with E-state index >= 15 is 0 Å². The molecule has 2 aromatic carbocycles. The second-order valence-electron chi connectivity index (χ2n) is 7.11. The number of fused-ring (bicyclic) bond motifs is 1. The van der Waals surface area contributed by atoms with E-state index in [0.717, 1.165) is 21.9 Å². The van der Waals surface area contributed by atoms with Crippen LogP contribution in [0.5, 0.6) is 11.5 Å². The molecule has 3 aromatic rings. The summed E-state index contributed by atoms with van der Waals surface area (Å²) in [5.41, 5.74) is 1.60. The van der Waals surface area contributed by atoms with E-state index in [9.17, 15) is 19.7 Å². The number of aryl methyl sites for hydroxylation is 1. The summed E-state index contributed by atoms with van der Waals surface area (Å²) in [6.45, 7) is 3.82. The Morgan fingerprint density at radius 1 is 1.30 bits per heavy atom. The predicted octanol–water partition coefficient (Wildman–Crippen LogP) is 3.79. The van der Waals surface area contributed by atoms with Crippen LogP contribution >= 0.6 is 11.3 Å². The van der Waals surface area contributed by atoms with Gasteiger partial charge in [0.1, 0.15) is 18.0 Å². The molecule has 1 N–H and O–H groups in total. The van der Waals surface area contributed by atoms with Crippen molar-refractivity contribution in [2.45, 2.75) is 13.8 Å². The van der Waals surface area contributed by atoms with Crippen molar-refractivity contribution in [1.29, 1.82) is 0 Å². The Morgan fingerprint density at radius 2 is 2.06 bits per heavy atom. The van der Waals surface area contributed by atoms with Crippen LogP contribution in [-0.2, 0) is 9.59 Å². The second kappa shape index (κ2) is 9.25. The first kappa shape index (κ1) is 22.2. The molecule has 0 fully saturated rings. The van der Waals surface area contributed by atoms with E-state index in [4.69, 9.17) is 9.47 Å². The zero-order chi connectivity index (χ0) is 23.5. The zero-order valence-electron chi connectivity index (χ0n) is 17.9. The molecule has 2 amide bonds. The number of benzene rings is 2. The highest BCUT2D eigenvalue weighted by Crippen LogP contribution is 2.35. The Labute approximate surface area is 192 Å². The normalized spacial score (nSPS) is 12.7. The molecular weight excluding hydrogens is 448 g/mol. The van der Waals surface area contributed by atoms with E-state index in [1.165, 1.54) is 34.4 Å². The predicted molar refractivity (Wildman–Crippen MR) is 123 cm³/mol. The van der Waals surface area contributed by atoms with E-state index in [0.29, 0.717) is 17.5 Å². The highest BCUT2D eigenvalue weighted by atomic mass is 32.1. The average Bonchev–Trinajstić information content (AvgIpc) is 3.15. The van der Waals surface area contributed by atoms with Crippen LogP contribution in [0.4, 0.5) is 16.5 Å². The highest BCUT2D eigenvalue weighted by Gasteiger charge is 2.29. The van der Waals surface area contributed by atoms with E-state index in [1.807, 2.05) is 38.1 Å². The molecule has 33 heavy (non-hydrogen) atoms. The van der Waals surface area contributed by atoms with Crippen LogP contribution in [0.3, 0.4) is 0 Å². The minimum atomic E-state index is -0.571. The number of amides is 2. The number of carbonyl (C=O) groups is 2. The summed E-state index contributed by atoms with van der Waals surface area (Å²) in [6, 6.07) is 11.4. The minimum absolute atomic E-state index is 0.181. The number of nitrogens with zero attached hydrogens (tertiary/aromatic N) is 3. The van der Waals surface area contributed by atoms with Gasteiger partial charge in [-0.05, 0) is 44.2 Å². The molecule has 0 spiro atoms. The van der Waals surface area contributed by atoms with Crippen LogP contribution in [-0.4, -0.2) is 41.5 Å². The van der Waals surface area contributed by atoms with Crippen LogP contribution in [0.2, 0.25) is 0 Å². The number of thiazole rings is 1. The number of anilines is 2. The van der Waals surface area contributed by atoms with Gasteiger partial charge in [0.2, 0.25) is 5.91 Å². The number of hydrogen-bond donors (Lipinski definition) is 1. The molecule has 0 unspecified atom stereocenters. The van der Waals surface area contributed by atoms with Gasteiger partial charge in [-0.2, -0.15) is 0 Å². The number of carbonyl (C=O) groups excluding carboxylic acids is 2. The van der Waals surface area contributed by atoms with Crippen molar-refractivity contribution in [3.8, 4) is 22.8 Å². The molecule has 1 aliphatic heterocycles. The topological polar surface area (TPSA) is 124 Å². The molecule has 0 saturated heterocycles. The van der Waals surface area contributed by atoms with Crippen molar-refractivity contribution in [3.63, 3.8) is 0 Å². The van der Waals surface area contributed by atoms with Gasteiger partial charge in [0.15, 0.2) is 11.7 Å². The molecule has 1 aliphatic rings. The van der Waals surface area contributed by atoms with Crippen molar-refractivity contribution in [3.05, 3.63) is 57.5 Å². The summed E-state index contributed by atoms with van der Waals surface area (Å²) < 4.78 is 10.8. The molecule has 4 rings (SSSR count). The van der Waals surface area contributed by atoms with E-state index in [2.05, 4.69) is 10.3 Å². The lowest BCUT2D eigenvalue weighted by Gasteiger charge is -2.28. The lowest BCUT2D eigenvalue weighted by Crippen LogP contribution is -2.43. The Hall–Kier alpha value is -3.99. The fourth-order valence-electron chi connectivity index (χ4n) is 3.37. The van der Waals surface area contributed by atoms with Crippen molar-refractivity contribution < 1.29 is 24.0 Å². The Morgan fingerprint density at radius 3 is 2.76 bits per heavy atom. The zero-order valence-corrected chi connectivity index (χ0v) is 18.7. The molecule has 0 aliphatic carbocycles. The first-order chi connectivity index (χ1) is 15.9. The highest BCUT2D eigenvalue weighted by molar-refractivity contribution is 7.16. The molecule has 170 valence electrons. The number of aromatic nitrogens is 1. The third kappa shape index (κ3) is 4.77. The Kier molecular flexibility index (Phi) is 6.22. The molecule has 0 radical (unpaired) electrons. The van der Waals surface area contributed by atoms with Crippen LogP contribution in [0.1, 0.15) is 11.8 Å². The summed E-state index contributed by atoms with van der Waals surface area (Å²) in [5, 5.41) is 14.2. The number of nitro groups is 1. The second-order valence-corrected chi connectivity index (χ2v) is 8.31. The van der Waals surface area contributed by atoms with Crippen LogP contribution < -0.4 is 19.7 Å². The summed E-state index contributed by atoms with van der Waals surface area (Å²) in [6.07, 6.45) is 0. The summed E-state index contributed by atoms with van der Waals surface area (Å²) in [7, 11) is 0. The molecule has 0 bridgehead atoms. The maximum Gasteiger partial charge on any atom is 0.271 e. The van der Waals surface area contributed by atoms with Gasteiger partial charge in [0, 0.05) is 22.6 Å². The van der Waals surface area contributed by atoms with Crippen LogP contribution in [0.15, 0.2) is 42.5 Å². The van der Waals surface area contributed by atoms with Crippen molar-refractivity contribution in [1.82, 2.24) is 4.98 Å². The lowest BCUT2D eigenvalue weighted by atomic mass is 10.1. The summed E-state index contributed by atoms with van der Waals surface area (Å²) >= 11 is 1.32. The maximum absolute atomic E-state index is 12.7. The number of hydrogen-bond acceptors (Lipinski definition) is 8. The van der Waals surface area contributed by atoms with Gasteiger partial charge >= 0.3 is 0 Å². The molecule has 0 atom stereocenters. The number of ether oxygens (including phenoxy) is 2. The van der Waals surface area contributed by atoms with Gasteiger partial charge in [0.05, 0.1) is 22.9 Å². The SMILES string of the molecule is CCOc1ccc(-c2nc(NC(=O)CN3C(=O)COc4ccc([N+](=O)[O-])cc43)sc2C)cc1. The van der Waals surface area contributed by atoms with Gasteiger partial charge in [0.25, 0.3) is 11.6 Å². The molecule has 2 heterocycles. The number of rotatable bonds is 7. The fraction of sp³-hybridized carbons (Fsp3) is 0.227. The quantitative estimate of drug-likeness (QED) is 0.413. The third-order valence-corrected chi connectivity index (χ3v) is 5.77. The maximum atomic E-state index is 12.7. The molecule has 1 aromatic heterocycles. The lowest BCUT2D eigenvalue weighted by molar-refractivity contribution is -0.384. The molecule has 11 heteroatoms. The first-order valence-corrected chi connectivity index (χ1v) is 10.9. The van der Waals surface area contributed by atoms with Crippen molar-refractivity contribution >= 4 is 39.7 Å². The number of nitro benzene ring substituents is 1. The summed E-state index contributed by atoms with van der Waals surface area (Å²) in [5.74, 6) is 0.118. The van der Waals surface area contributed by atoms with Crippen molar-refractivity contribution in [2.24, 2.45) is 0 Å². The van der Waals surface area contributed by atoms with E-state index in [-0.39, 0.29) is 24.5 Å². The van der Waals surface area contributed by atoms with Gasteiger partial charge < -0.3 is 14.8 Å².